The number of ether oxygens (including phenoxy) is 2. The van der Waals surface area contributed by atoms with Crippen molar-refractivity contribution in [2.24, 2.45) is 5.92 Å². The van der Waals surface area contributed by atoms with Crippen molar-refractivity contribution in [2.45, 2.75) is 147 Å². The number of carboxylic acids is 1. The molecule has 3 saturated heterocycles. The van der Waals surface area contributed by atoms with Gasteiger partial charge in [0.1, 0.15) is 23.7 Å². The van der Waals surface area contributed by atoms with Gasteiger partial charge < -0.3 is 34.5 Å². The van der Waals surface area contributed by atoms with E-state index in [1.54, 1.807) is 24.3 Å². The van der Waals surface area contributed by atoms with Gasteiger partial charge in [0.2, 0.25) is 5.91 Å². The van der Waals surface area contributed by atoms with Gasteiger partial charge in [-0.3, -0.25) is 38.6 Å². The van der Waals surface area contributed by atoms with Crippen LogP contribution in [0.3, 0.4) is 0 Å². The van der Waals surface area contributed by atoms with Crippen LogP contribution in [0.25, 0.3) is 0 Å². The number of hydrogen-bond acceptors (Lipinski definition) is 16. The SMILES string of the molecule is N#Cc1ccc(OC2CCC(NC(=O)c3ccc(N4CCC(CN5CCN(c6cc7c(cc6F)C(=O)N(C6CCC(=O)N(COC(=O)CCCCCCCCCCCCC(=O)[O-])C6=O)C7=O)CC5)CC4)nn3)CC2)cc1Cl.[Na+]. The average Bonchev–Trinajstić information content (AvgIpc) is 3.77. The molecular weight excluding hydrogens is 1040 g/mol. The number of carboxylic acid groups (broad SMARTS) is 1. The zero-order chi connectivity index (χ0) is 54.4. The topological polar surface area (TPSA) is 239 Å². The monoisotopic (exact) mass is 1100 g/mol. The molecule has 2 aromatic carbocycles. The predicted molar refractivity (Wildman–Crippen MR) is 279 cm³/mol. The van der Waals surface area contributed by atoms with Gasteiger partial charge in [0.05, 0.1) is 33.5 Å². The number of rotatable bonds is 24. The van der Waals surface area contributed by atoms with Crippen LogP contribution < -0.4 is 54.5 Å². The number of carbonyl (C=O) groups is 7. The third-order valence-electron chi connectivity index (χ3n) is 15.6. The fourth-order valence-corrected chi connectivity index (χ4v) is 11.3. The Kier molecular flexibility index (Phi) is 22.2. The molecule has 0 spiro atoms. The Morgan fingerprint density at radius 2 is 1.40 bits per heavy atom. The van der Waals surface area contributed by atoms with Crippen LogP contribution in [-0.2, 0) is 23.9 Å². The van der Waals surface area contributed by atoms with Gasteiger partial charge in [-0.2, -0.15) is 5.26 Å². The number of nitriles is 1. The summed E-state index contributed by atoms with van der Waals surface area (Å²) in [6.07, 6.45) is 13.9. The first-order chi connectivity index (χ1) is 37.3. The molecule has 22 heteroatoms. The molecular formula is C56H68ClFN9NaO10. The molecule has 1 unspecified atom stereocenters. The molecule has 1 saturated carbocycles. The number of nitrogens with one attached hydrogen (secondary N) is 1. The fraction of sp³-hybridized carbons (Fsp3) is 0.571. The number of amides is 5. The molecule has 5 aliphatic rings. The number of aromatic nitrogens is 2. The zero-order valence-corrected chi connectivity index (χ0v) is 47.3. The molecule has 412 valence electrons. The van der Waals surface area contributed by atoms with E-state index in [1.807, 2.05) is 17.0 Å². The van der Waals surface area contributed by atoms with Crippen LogP contribution in [0, 0.1) is 23.1 Å². The van der Waals surface area contributed by atoms with Crippen molar-refractivity contribution in [3.8, 4) is 11.8 Å². The maximum atomic E-state index is 15.8. The van der Waals surface area contributed by atoms with E-state index in [1.165, 1.54) is 6.07 Å². The van der Waals surface area contributed by atoms with Crippen molar-refractivity contribution >= 4 is 64.6 Å². The quantitative estimate of drug-likeness (QED) is 0.0586. The molecule has 3 aromatic rings. The fourth-order valence-electron chi connectivity index (χ4n) is 11.1. The van der Waals surface area contributed by atoms with Crippen molar-refractivity contribution in [3.05, 3.63) is 75.7 Å². The van der Waals surface area contributed by atoms with Gasteiger partial charge in [-0.25, -0.2) is 9.29 Å². The Labute approximate surface area is 481 Å². The minimum Gasteiger partial charge on any atom is -0.550 e. The van der Waals surface area contributed by atoms with Crippen LogP contribution in [0.4, 0.5) is 15.9 Å². The van der Waals surface area contributed by atoms with Crippen molar-refractivity contribution in [1.29, 1.82) is 5.26 Å². The second-order valence-corrected chi connectivity index (χ2v) is 21.3. The third-order valence-corrected chi connectivity index (χ3v) is 15.9. The number of hydrogen-bond donors (Lipinski definition) is 1. The summed E-state index contributed by atoms with van der Waals surface area (Å²) in [5.74, 6) is -3.70. The number of benzene rings is 2. The van der Waals surface area contributed by atoms with E-state index in [2.05, 4.69) is 25.3 Å². The van der Waals surface area contributed by atoms with E-state index in [-0.39, 0.29) is 95.8 Å². The number of piperazine rings is 1. The summed E-state index contributed by atoms with van der Waals surface area (Å²) >= 11 is 6.16. The van der Waals surface area contributed by atoms with E-state index < -0.39 is 54.2 Å². The Bertz CT molecular complexity index is 2670. The number of aliphatic carboxylic acids is 1. The Hall–Kier alpha value is -5.72. The van der Waals surface area contributed by atoms with Crippen molar-refractivity contribution in [1.82, 2.24) is 30.2 Å². The van der Waals surface area contributed by atoms with Crippen LogP contribution in [0.5, 0.6) is 5.75 Å². The summed E-state index contributed by atoms with van der Waals surface area (Å²) in [5.41, 5.74) is 0.702. The van der Waals surface area contributed by atoms with Crippen molar-refractivity contribution in [2.75, 3.05) is 62.3 Å². The van der Waals surface area contributed by atoms with Gasteiger partial charge in [-0.15, -0.1) is 10.2 Å². The van der Waals surface area contributed by atoms with E-state index in [0.717, 1.165) is 131 Å². The van der Waals surface area contributed by atoms with E-state index >= 15 is 4.39 Å². The van der Waals surface area contributed by atoms with Gasteiger partial charge in [-0.1, -0.05) is 63.0 Å². The molecule has 0 radical (unpaired) electrons. The number of fused-ring (bicyclic) bond motifs is 1. The molecule has 8 rings (SSSR count). The number of unbranched alkanes of at least 4 members (excludes halogenated alkanes) is 9. The summed E-state index contributed by atoms with van der Waals surface area (Å²) in [6.45, 7) is 4.14. The molecule has 1 atom stereocenters. The Morgan fingerprint density at radius 3 is 2.01 bits per heavy atom. The summed E-state index contributed by atoms with van der Waals surface area (Å²) in [7, 11) is 0. The summed E-state index contributed by atoms with van der Waals surface area (Å²) < 4.78 is 27.2. The number of anilines is 2. The standard InChI is InChI=1S/C56H69ClFN9O10.Na/c57-44-31-41(16-13-38(44)34-59)77-40-17-14-39(15-18-40)60-53(72)46-19-21-49(62-61-46)65-25-23-37(24-26-65)35-63-27-29-64(30-28-63)48-33-43-42(32-45(48)58)54(73)67(55(43)74)47-20-22-50(68)66(56(47)75)36-76-52(71)12-10-8-6-4-2-1-3-5-7-9-11-51(69)70;/h13,16,19,21,31-33,37,39-40,47H,1-12,14-15,17-18,20,22-30,35-36H2,(H,60,72)(H,69,70);/q;+1/p-1. The van der Waals surface area contributed by atoms with Gasteiger partial charge in [0, 0.05) is 76.7 Å². The number of carbonyl (C=O) groups excluding carboxylic acids is 7. The predicted octanol–water partition coefficient (Wildman–Crippen LogP) is 3.35. The minimum atomic E-state index is -1.32. The average molecular weight is 1100 g/mol. The number of nitrogens with zero attached hydrogens (tertiary/aromatic N) is 8. The molecule has 1 aliphatic carbocycles. The first-order valence-electron chi connectivity index (χ1n) is 27.4. The maximum Gasteiger partial charge on any atom is 1.00 e. The molecule has 0 bridgehead atoms. The van der Waals surface area contributed by atoms with Crippen LogP contribution in [0.2, 0.25) is 5.02 Å². The van der Waals surface area contributed by atoms with Crippen LogP contribution in [0.1, 0.15) is 165 Å². The maximum absolute atomic E-state index is 15.8. The molecule has 5 heterocycles. The third kappa shape index (κ3) is 15.8. The van der Waals surface area contributed by atoms with Crippen molar-refractivity contribution in [3.63, 3.8) is 0 Å². The second-order valence-electron chi connectivity index (χ2n) is 20.9. The van der Waals surface area contributed by atoms with Gasteiger partial charge in [-0.05, 0) is 107 Å². The minimum absolute atomic E-state index is 0. The molecule has 1 aromatic heterocycles. The smallest absolute Gasteiger partial charge is 0.550 e. The van der Waals surface area contributed by atoms with E-state index in [0.29, 0.717) is 61.3 Å². The number of esters is 1. The molecule has 4 fully saturated rings. The molecule has 4 aliphatic heterocycles. The molecule has 1 N–H and O–H groups in total. The van der Waals surface area contributed by atoms with Crippen LogP contribution >= 0.6 is 11.6 Å². The van der Waals surface area contributed by atoms with Gasteiger partial charge >= 0.3 is 35.5 Å². The number of likely N-dealkylation sites (tertiary alicyclic amines) is 1. The van der Waals surface area contributed by atoms with Crippen LogP contribution in [0.15, 0.2) is 42.5 Å². The number of halogens is 2. The first kappa shape index (κ1) is 59.9. The second kappa shape index (κ2) is 28.9. The molecule has 5 amide bonds. The first-order valence-corrected chi connectivity index (χ1v) is 27.8. The summed E-state index contributed by atoms with van der Waals surface area (Å²) in [6, 6.07) is 11.8. The largest absolute Gasteiger partial charge is 1.00 e. The normalized spacial score (nSPS) is 20.0. The van der Waals surface area contributed by atoms with Crippen LogP contribution in [-0.4, -0.2) is 137 Å². The zero-order valence-electron chi connectivity index (χ0n) is 44.6. The van der Waals surface area contributed by atoms with Gasteiger partial charge in [0.15, 0.2) is 18.2 Å². The summed E-state index contributed by atoms with van der Waals surface area (Å²) in [5, 5.41) is 31.7. The summed E-state index contributed by atoms with van der Waals surface area (Å²) in [4.78, 5) is 98.2. The number of piperidine rings is 2. The Balaban J connectivity index is 0.00000882. The van der Waals surface area contributed by atoms with E-state index in [4.69, 9.17) is 26.3 Å². The molecule has 78 heavy (non-hydrogen) atoms. The number of imide groups is 2. The molecule has 19 nitrogen and oxygen atoms in total. The van der Waals surface area contributed by atoms with E-state index in [9.17, 15) is 38.7 Å². The van der Waals surface area contributed by atoms with Gasteiger partial charge in [0.25, 0.3) is 23.6 Å². The Morgan fingerprint density at radius 1 is 0.756 bits per heavy atom. The van der Waals surface area contributed by atoms with Crippen molar-refractivity contribution < 1.29 is 82.1 Å².